The first-order valence-corrected chi connectivity index (χ1v) is 6.70. The molecule has 0 saturated carbocycles. The van der Waals surface area contributed by atoms with Crippen molar-refractivity contribution in [2.75, 3.05) is 0 Å². The second kappa shape index (κ2) is 5.60. The molecular formula is C17H25NO. The van der Waals surface area contributed by atoms with E-state index in [2.05, 4.69) is 41.5 Å². The Balaban J connectivity index is 2.94. The molecule has 0 heterocycles. The summed E-state index contributed by atoms with van der Waals surface area (Å²) in [5.41, 5.74) is 0.644. The molecule has 0 aromatic heterocycles. The fourth-order valence-electron chi connectivity index (χ4n) is 2.47. The van der Waals surface area contributed by atoms with Crippen molar-refractivity contribution in [3.63, 3.8) is 0 Å². The van der Waals surface area contributed by atoms with Crippen molar-refractivity contribution in [1.82, 2.24) is 4.90 Å². The normalized spacial score (nSPS) is 12.7. The molecule has 0 bridgehead atoms. The van der Waals surface area contributed by atoms with Gasteiger partial charge < -0.3 is 4.90 Å². The first kappa shape index (κ1) is 15.5. The van der Waals surface area contributed by atoms with Crippen molar-refractivity contribution < 1.29 is 4.79 Å². The number of rotatable bonds is 2. The minimum Gasteiger partial charge on any atom is -0.329 e. The molecule has 104 valence electrons. The lowest BCUT2D eigenvalue weighted by Crippen LogP contribution is -2.55. The Hall–Kier alpha value is -1.57. The SMILES string of the molecule is CC(C)(C)N(C(=O)/C=C\c1ccccc1)C(C)(C)C. The van der Waals surface area contributed by atoms with E-state index < -0.39 is 0 Å². The molecular weight excluding hydrogens is 234 g/mol. The predicted molar refractivity (Wildman–Crippen MR) is 81.8 cm³/mol. The second-order valence-electron chi connectivity index (χ2n) is 6.76. The summed E-state index contributed by atoms with van der Waals surface area (Å²) >= 11 is 0. The predicted octanol–water partition coefficient (Wildman–Crippen LogP) is 4.13. The third kappa shape index (κ3) is 4.55. The monoisotopic (exact) mass is 259 g/mol. The standard InChI is InChI=1S/C17H25NO/c1-16(2,3)18(17(4,5)6)15(19)13-12-14-10-8-7-9-11-14/h7-13H,1-6H3/b13-12-. The van der Waals surface area contributed by atoms with Crippen LogP contribution in [0.25, 0.3) is 6.08 Å². The maximum absolute atomic E-state index is 12.4. The molecule has 0 atom stereocenters. The van der Waals surface area contributed by atoms with Gasteiger partial charge in [0, 0.05) is 17.2 Å². The van der Waals surface area contributed by atoms with Crippen LogP contribution in [0.5, 0.6) is 0 Å². The number of hydrogen-bond donors (Lipinski definition) is 0. The van der Waals surface area contributed by atoms with Crippen LogP contribution in [0.4, 0.5) is 0 Å². The lowest BCUT2D eigenvalue weighted by molar-refractivity contribution is -0.137. The molecule has 2 nitrogen and oxygen atoms in total. The van der Waals surface area contributed by atoms with Crippen LogP contribution in [-0.2, 0) is 4.79 Å². The van der Waals surface area contributed by atoms with E-state index >= 15 is 0 Å². The molecule has 0 unspecified atom stereocenters. The molecule has 1 aromatic carbocycles. The van der Waals surface area contributed by atoms with Crippen LogP contribution >= 0.6 is 0 Å². The Morgan fingerprint density at radius 1 is 0.947 bits per heavy atom. The largest absolute Gasteiger partial charge is 0.329 e. The molecule has 0 aliphatic heterocycles. The van der Waals surface area contributed by atoms with Crippen LogP contribution in [0.2, 0.25) is 0 Å². The van der Waals surface area contributed by atoms with Gasteiger partial charge in [0.1, 0.15) is 0 Å². The highest BCUT2D eigenvalue weighted by Crippen LogP contribution is 2.25. The number of nitrogens with zero attached hydrogens (tertiary/aromatic N) is 1. The highest BCUT2D eigenvalue weighted by molar-refractivity contribution is 5.92. The van der Waals surface area contributed by atoms with Gasteiger partial charge in [-0.05, 0) is 53.2 Å². The molecule has 0 N–H and O–H groups in total. The van der Waals surface area contributed by atoms with Crippen LogP contribution in [-0.4, -0.2) is 21.9 Å². The van der Waals surface area contributed by atoms with Gasteiger partial charge in [0.2, 0.25) is 5.91 Å². The van der Waals surface area contributed by atoms with Gasteiger partial charge in [-0.1, -0.05) is 30.3 Å². The van der Waals surface area contributed by atoms with E-state index in [0.717, 1.165) is 5.56 Å². The van der Waals surface area contributed by atoms with Gasteiger partial charge in [0.05, 0.1) is 0 Å². The van der Waals surface area contributed by atoms with Crippen LogP contribution < -0.4 is 0 Å². The first-order valence-electron chi connectivity index (χ1n) is 6.70. The summed E-state index contributed by atoms with van der Waals surface area (Å²) in [6, 6.07) is 9.88. The minimum atomic E-state index is -0.198. The average Bonchev–Trinajstić information content (AvgIpc) is 2.24. The highest BCUT2D eigenvalue weighted by Gasteiger charge is 2.34. The van der Waals surface area contributed by atoms with Gasteiger partial charge in [-0.3, -0.25) is 4.79 Å². The summed E-state index contributed by atoms with van der Waals surface area (Å²) in [6.45, 7) is 12.4. The van der Waals surface area contributed by atoms with Gasteiger partial charge in [-0.2, -0.15) is 0 Å². The van der Waals surface area contributed by atoms with Crippen LogP contribution in [0.15, 0.2) is 36.4 Å². The van der Waals surface area contributed by atoms with Crippen molar-refractivity contribution in [3.05, 3.63) is 42.0 Å². The van der Waals surface area contributed by atoms with Gasteiger partial charge in [-0.15, -0.1) is 0 Å². The first-order chi connectivity index (χ1) is 8.62. The molecule has 0 aliphatic rings. The zero-order valence-electron chi connectivity index (χ0n) is 12.9. The number of hydrogen-bond acceptors (Lipinski definition) is 1. The van der Waals surface area contributed by atoms with E-state index in [-0.39, 0.29) is 17.0 Å². The molecule has 1 rings (SSSR count). The third-order valence-electron chi connectivity index (χ3n) is 2.78. The number of benzene rings is 1. The Morgan fingerprint density at radius 2 is 1.42 bits per heavy atom. The molecule has 0 spiro atoms. The van der Waals surface area contributed by atoms with Crippen molar-refractivity contribution in [1.29, 1.82) is 0 Å². The van der Waals surface area contributed by atoms with Gasteiger partial charge >= 0.3 is 0 Å². The zero-order chi connectivity index (χ0) is 14.7. The number of carbonyl (C=O) groups excluding carboxylic acids is 1. The van der Waals surface area contributed by atoms with Crippen molar-refractivity contribution in [2.45, 2.75) is 52.6 Å². The average molecular weight is 259 g/mol. The third-order valence-corrected chi connectivity index (χ3v) is 2.78. The molecule has 0 radical (unpaired) electrons. The molecule has 2 heteroatoms. The van der Waals surface area contributed by atoms with Gasteiger partial charge in [-0.25, -0.2) is 0 Å². The van der Waals surface area contributed by atoms with E-state index in [1.54, 1.807) is 6.08 Å². The number of carbonyl (C=O) groups is 1. The van der Waals surface area contributed by atoms with Crippen molar-refractivity contribution in [2.24, 2.45) is 0 Å². The molecule has 0 aliphatic carbocycles. The molecule has 0 saturated heterocycles. The van der Waals surface area contributed by atoms with Crippen LogP contribution in [0.1, 0.15) is 47.1 Å². The lowest BCUT2D eigenvalue weighted by atomic mass is 9.95. The fraction of sp³-hybridized carbons (Fsp3) is 0.471. The fourth-order valence-corrected chi connectivity index (χ4v) is 2.47. The van der Waals surface area contributed by atoms with E-state index in [0.29, 0.717) is 0 Å². The topological polar surface area (TPSA) is 20.3 Å². The highest BCUT2D eigenvalue weighted by atomic mass is 16.2. The van der Waals surface area contributed by atoms with Gasteiger partial charge in [0.25, 0.3) is 0 Å². The summed E-state index contributed by atoms with van der Waals surface area (Å²) in [7, 11) is 0. The van der Waals surface area contributed by atoms with E-state index in [1.165, 1.54) is 0 Å². The van der Waals surface area contributed by atoms with Crippen molar-refractivity contribution >= 4 is 12.0 Å². The maximum atomic E-state index is 12.4. The summed E-state index contributed by atoms with van der Waals surface area (Å²) in [5.74, 6) is 0.0452. The Bertz CT molecular complexity index is 432. The maximum Gasteiger partial charge on any atom is 0.247 e. The summed E-state index contributed by atoms with van der Waals surface area (Å²) in [4.78, 5) is 14.4. The summed E-state index contributed by atoms with van der Waals surface area (Å²) < 4.78 is 0. The minimum absolute atomic E-state index is 0.0452. The van der Waals surface area contributed by atoms with E-state index in [4.69, 9.17) is 0 Å². The van der Waals surface area contributed by atoms with Crippen molar-refractivity contribution in [3.8, 4) is 0 Å². The van der Waals surface area contributed by atoms with Gasteiger partial charge in [0.15, 0.2) is 0 Å². The molecule has 19 heavy (non-hydrogen) atoms. The molecule has 1 aromatic rings. The summed E-state index contributed by atoms with van der Waals surface area (Å²) in [5, 5.41) is 0. The Labute approximate surface area is 117 Å². The van der Waals surface area contributed by atoms with Crippen LogP contribution in [0, 0.1) is 0 Å². The number of amides is 1. The van der Waals surface area contributed by atoms with Crippen LogP contribution in [0.3, 0.4) is 0 Å². The van der Waals surface area contributed by atoms with E-state index in [1.807, 2.05) is 41.3 Å². The Kier molecular flexibility index (Phi) is 4.56. The molecule has 0 fully saturated rings. The quantitative estimate of drug-likeness (QED) is 0.731. The van der Waals surface area contributed by atoms with E-state index in [9.17, 15) is 4.79 Å². The smallest absolute Gasteiger partial charge is 0.247 e. The Morgan fingerprint density at radius 3 is 1.84 bits per heavy atom. The second-order valence-corrected chi connectivity index (χ2v) is 6.76. The zero-order valence-corrected chi connectivity index (χ0v) is 12.9. The lowest BCUT2D eigenvalue weighted by Gasteiger charge is -2.45. The molecule has 1 amide bonds. The summed E-state index contributed by atoms with van der Waals surface area (Å²) in [6.07, 6.45) is 3.53.